The molecular formula is C12H16BrN5. The third-order valence-electron chi connectivity index (χ3n) is 2.71. The number of nitrogens with zero attached hydrogens (tertiary/aromatic N) is 3. The van der Waals surface area contributed by atoms with E-state index in [4.69, 9.17) is 5.73 Å². The number of hydrogen-bond acceptors (Lipinski definition) is 4. The first kappa shape index (κ1) is 12.9. The van der Waals surface area contributed by atoms with Crippen LogP contribution >= 0.6 is 15.9 Å². The van der Waals surface area contributed by atoms with Gasteiger partial charge in [0.1, 0.15) is 0 Å². The molecule has 0 aromatic carbocycles. The van der Waals surface area contributed by atoms with Gasteiger partial charge in [0.2, 0.25) is 0 Å². The average Bonchev–Trinajstić information content (AvgIpc) is 2.69. The molecule has 0 aliphatic heterocycles. The molecule has 0 aliphatic carbocycles. The van der Waals surface area contributed by atoms with E-state index in [0.717, 1.165) is 22.3 Å². The summed E-state index contributed by atoms with van der Waals surface area (Å²) in [7, 11) is 1.93. The molecule has 0 saturated carbocycles. The van der Waals surface area contributed by atoms with Crippen molar-refractivity contribution in [2.24, 2.45) is 7.05 Å². The zero-order chi connectivity index (χ0) is 13.1. The third-order valence-corrected chi connectivity index (χ3v) is 3.31. The molecule has 0 bridgehead atoms. The van der Waals surface area contributed by atoms with Crippen LogP contribution in [0.4, 0.5) is 11.4 Å². The molecule has 0 radical (unpaired) electrons. The normalized spacial score (nSPS) is 10.6. The number of anilines is 2. The topological polar surface area (TPSA) is 68.8 Å². The minimum absolute atomic E-state index is 0.631. The summed E-state index contributed by atoms with van der Waals surface area (Å²) in [5.41, 5.74) is 9.68. The van der Waals surface area contributed by atoms with Crippen LogP contribution in [0.15, 0.2) is 23.1 Å². The highest BCUT2D eigenvalue weighted by atomic mass is 79.9. The van der Waals surface area contributed by atoms with Gasteiger partial charge in [-0.1, -0.05) is 6.92 Å². The lowest BCUT2D eigenvalue weighted by molar-refractivity contribution is 0.746. The summed E-state index contributed by atoms with van der Waals surface area (Å²) in [6.07, 6.45) is 6.31. The highest BCUT2D eigenvalue weighted by molar-refractivity contribution is 9.10. The number of nitrogen functional groups attached to an aromatic ring is 1. The standard InChI is InChI=1S/C12H16BrN5/c1-3-11-8(7-18(2)17-11)4-16-12-9(13)5-15-6-10(12)14/h5-7H,3-4,14H2,1-2H3,(H,15,16). The highest BCUT2D eigenvalue weighted by Crippen LogP contribution is 2.27. The van der Waals surface area contributed by atoms with Gasteiger partial charge in [0.05, 0.1) is 27.7 Å². The zero-order valence-corrected chi connectivity index (χ0v) is 12.0. The van der Waals surface area contributed by atoms with E-state index in [-0.39, 0.29) is 0 Å². The van der Waals surface area contributed by atoms with Crippen molar-refractivity contribution in [3.63, 3.8) is 0 Å². The summed E-state index contributed by atoms with van der Waals surface area (Å²) >= 11 is 3.44. The largest absolute Gasteiger partial charge is 0.396 e. The maximum absolute atomic E-state index is 5.89. The fourth-order valence-corrected chi connectivity index (χ4v) is 2.34. The Morgan fingerprint density at radius 2 is 2.22 bits per heavy atom. The Labute approximate surface area is 115 Å². The van der Waals surface area contributed by atoms with Gasteiger partial charge < -0.3 is 11.1 Å². The Morgan fingerprint density at radius 3 is 2.89 bits per heavy atom. The molecule has 2 heterocycles. The molecule has 6 heteroatoms. The first-order valence-corrected chi connectivity index (χ1v) is 6.55. The fourth-order valence-electron chi connectivity index (χ4n) is 1.85. The summed E-state index contributed by atoms with van der Waals surface area (Å²) in [5, 5.41) is 7.73. The number of pyridine rings is 1. The number of rotatable bonds is 4. The Morgan fingerprint density at radius 1 is 1.44 bits per heavy atom. The van der Waals surface area contributed by atoms with Crippen molar-refractivity contribution < 1.29 is 0 Å². The predicted molar refractivity (Wildman–Crippen MR) is 76.3 cm³/mol. The van der Waals surface area contributed by atoms with Gasteiger partial charge in [-0.2, -0.15) is 5.10 Å². The minimum atomic E-state index is 0.631. The lowest BCUT2D eigenvalue weighted by atomic mass is 10.2. The average molecular weight is 310 g/mol. The van der Waals surface area contributed by atoms with Crippen molar-refractivity contribution in [1.29, 1.82) is 0 Å². The van der Waals surface area contributed by atoms with E-state index in [2.05, 4.69) is 38.3 Å². The summed E-state index contributed by atoms with van der Waals surface area (Å²) in [6.45, 7) is 2.80. The van der Waals surface area contributed by atoms with Gasteiger partial charge in [-0.3, -0.25) is 9.67 Å². The number of nitrogens with one attached hydrogen (secondary N) is 1. The summed E-state index contributed by atoms with van der Waals surface area (Å²) in [5.74, 6) is 0. The molecule has 96 valence electrons. The van der Waals surface area contributed by atoms with Crippen LogP contribution in [0, 0.1) is 0 Å². The van der Waals surface area contributed by atoms with Crippen LogP contribution in [-0.2, 0) is 20.0 Å². The maximum atomic E-state index is 5.89. The molecule has 0 saturated heterocycles. The SMILES string of the molecule is CCc1nn(C)cc1CNc1c(N)cncc1Br. The lowest BCUT2D eigenvalue weighted by Crippen LogP contribution is -2.04. The molecule has 3 N–H and O–H groups in total. The number of aryl methyl sites for hydroxylation is 2. The van der Waals surface area contributed by atoms with Gasteiger partial charge in [0, 0.05) is 31.5 Å². The van der Waals surface area contributed by atoms with Crippen LogP contribution < -0.4 is 11.1 Å². The fraction of sp³-hybridized carbons (Fsp3) is 0.333. The van der Waals surface area contributed by atoms with Crippen molar-refractivity contribution in [3.05, 3.63) is 34.3 Å². The van der Waals surface area contributed by atoms with Gasteiger partial charge in [0.25, 0.3) is 0 Å². The molecule has 5 nitrogen and oxygen atoms in total. The van der Waals surface area contributed by atoms with Crippen molar-refractivity contribution in [2.45, 2.75) is 19.9 Å². The molecule has 18 heavy (non-hydrogen) atoms. The van der Waals surface area contributed by atoms with E-state index in [1.807, 2.05) is 17.9 Å². The molecule has 0 aliphatic rings. The third kappa shape index (κ3) is 2.64. The van der Waals surface area contributed by atoms with E-state index in [1.54, 1.807) is 12.4 Å². The Kier molecular flexibility index (Phi) is 3.86. The predicted octanol–water partition coefficient (Wildman–Crippen LogP) is 2.33. The van der Waals surface area contributed by atoms with E-state index in [1.165, 1.54) is 5.56 Å². The smallest absolute Gasteiger partial charge is 0.0752 e. The number of halogens is 1. The molecule has 0 spiro atoms. The number of aromatic nitrogens is 3. The van der Waals surface area contributed by atoms with Crippen LogP contribution in [0.2, 0.25) is 0 Å². The minimum Gasteiger partial charge on any atom is -0.396 e. The van der Waals surface area contributed by atoms with Crippen LogP contribution in [-0.4, -0.2) is 14.8 Å². The molecule has 0 unspecified atom stereocenters. The van der Waals surface area contributed by atoms with Crippen molar-refractivity contribution in [3.8, 4) is 0 Å². The van der Waals surface area contributed by atoms with Crippen LogP contribution in [0.1, 0.15) is 18.2 Å². The summed E-state index contributed by atoms with van der Waals surface area (Å²) in [4.78, 5) is 4.01. The Balaban J connectivity index is 2.16. The molecular weight excluding hydrogens is 294 g/mol. The van der Waals surface area contributed by atoms with Crippen LogP contribution in [0.3, 0.4) is 0 Å². The molecule has 0 atom stereocenters. The van der Waals surface area contributed by atoms with Gasteiger partial charge in [-0.15, -0.1) is 0 Å². The Bertz CT molecular complexity index is 529. The van der Waals surface area contributed by atoms with Gasteiger partial charge in [-0.25, -0.2) is 0 Å². The second-order valence-corrected chi connectivity index (χ2v) is 4.92. The number of nitrogens with two attached hydrogens (primary N) is 1. The van der Waals surface area contributed by atoms with Crippen LogP contribution in [0.5, 0.6) is 0 Å². The molecule has 2 aromatic heterocycles. The lowest BCUT2D eigenvalue weighted by Gasteiger charge is -2.10. The highest BCUT2D eigenvalue weighted by Gasteiger charge is 2.08. The van der Waals surface area contributed by atoms with Crippen molar-refractivity contribution in [2.75, 3.05) is 11.1 Å². The quantitative estimate of drug-likeness (QED) is 0.909. The van der Waals surface area contributed by atoms with Crippen molar-refractivity contribution >= 4 is 27.3 Å². The second-order valence-electron chi connectivity index (χ2n) is 4.07. The summed E-state index contributed by atoms with van der Waals surface area (Å²) < 4.78 is 2.70. The molecule has 2 rings (SSSR count). The maximum Gasteiger partial charge on any atom is 0.0752 e. The van der Waals surface area contributed by atoms with Crippen molar-refractivity contribution in [1.82, 2.24) is 14.8 Å². The van der Waals surface area contributed by atoms with E-state index < -0.39 is 0 Å². The molecule has 0 fully saturated rings. The first-order valence-electron chi connectivity index (χ1n) is 5.76. The van der Waals surface area contributed by atoms with E-state index >= 15 is 0 Å². The van der Waals surface area contributed by atoms with Gasteiger partial charge >= 0.3 is 0 Å². The molecule has 2 aromatic rings. The van der Waals surface area contributed by atoms with Gasteiger partial charge in [-0.05, 0) is 22.4 Å². The monoisotopic (exact) mass is 309 g/mol. The van der Waals surface area contributed by atoms with E-state index in [0.29, 0.717) is 12.2 Å². The van der Waals surface area contributed by atoms with E-state index in [9.17, 15) is 0 Å². The second kappa shape index (κ2) is 5.39. The zero-order valence-electron chi connectivity index (χ0n) is 10.4. The van der Waals surface area contributed by atoms with Gasteiger partial charge in [0.15, 0.2) is 0 Å². The first-order chi connectivity index (χ1) is 8.61. The molecule has 0 amide bonds. The van der Waals surface area contributed by atoms with Crippen LogP contribution in [0.25, 0.3) is 0 Å². The Hall–Kier alpha value is -1.56. The summed E-state index contributed by atoms with van der Waals surface area (Å²) in [6, 6.07) is 0. The number of hydrogen-bond donors (Lipinski definition) is 2.